The Balaban J connectivity index is 2.54. The van der Waals surface area contributed by atoms with E-state index in [9.17, 15) is 9.90 Å². The molecule has 0 spiro atoms. The number of aryl methyl sites for hydroxylation is 1. The third kappa shape index (κ3) is 4.19. The van der Waals surface area contributed by atoms with Crippen LogP contribution < -0.4 is 0 Å². The fraction of sp³-hybridized carbons (Fsp3) is 0.500. The number of hydrogen-bond donors (Lipinski definition) is 1. The summed E-state index contributed by atoms with van der Waals surface area (Å²) in [4.78, 5) is 13.3. The van der Waals surface area contributed by atoms with Crippen LogP contribution in [0.5, 0.6) is 0 Å². The van der Waals surface area contributed by atoms with Gasteiger partial charge in [0.15, 0.2) is 0 Å². The number of hydrogen-bond acceptors (Lipinski definition) is 2. The first kappa shape index (κ1) is 13.7. The third-order valence-corrected chi connectivity index (χ3v) is 2.69. The van der Waals surface area contributed by atoms with E-state index in [4.69, 9.17) is 0 Å². The molecule has 0 unspecified atom stereocenters. The first-order chi connectivity index (χ1) is 7.80. The maximum atomic E-state index is 11.7. The SMILES string of the molecule is Cc1cccc(CCN(C)C(=O)C(C)(C)O)c1. The summed E-state index contributed by atoms with van der Waals surface area (Å²) in [7, 11) is 1.72. The van der Waals surface area contributed by atoms with Gasteiger partial charge in [-0.05, 0) is 32.8 Å². The van der Waals surface area contributed by atoms with Crippen LogP contribution in [0.1, 0.15) is 25.0 Å². The topological polar surface area (TPSA) is 40.5 Å². The van der Waals surface area contributed by atoms with Crippen LogP contribution in [-0.2, 0) is 11.2 Å². The number of likely N-dealkylation sites (N-methyl/N-ethyl adjacent to an activating group) is 1. The van der Waals surface area contributed by atoms with Gasteiger partial charge in [0, 0.05) is 13.6 Å². The maximum Gasteiger partial charge on any atom is 0.253 e. The van der Waals surface area contributed by atoms with Crippen molar-refractivity contribution in [1.82, 2.24) is 4.90 Å². The summed E-state index contributed by atoms with van der Waals surface area (Å²) in [5.41, 5.74) is 1.14. The largest absolute Gasteiger partial charge is 0.381 e. The van der Waals surface area contributed by atoms with Crippen molar-refractivity contribution < 1.29 is 9.90 Å². The predicted octanol–water partition coefficient (Wildman–Crippen LogP) is 1.77. The summed E-state index contributed by atoms with van der Waals surface area (Å²) < 4.78 is 0. The number of nitrogens with zero attached hydrogens (tertiary/aromatic N) is 1. The van der Waals surface area contributed by atoms with Gasteiger partial charge in [0.05, 0.1) is 0 Å². The molecule has 0 saturated carbocycles. The molecule has 3 nitrogen and oxygen atoms in total. The Kier molecular flexibility index (Phi) is 4.29. The minimum Gasteiger partial charge on any atom is -0.381 e. The zero-order chi connectivity index (χ0) is 13.1. The lowest BCUT2D eigenvalue weighted by Gasteiger charge is -2.24. The van der Waals surface area contributed by atoms with Crippen molar-refractivity contribution in [2.24, 2.45) is 0 Å². The van der Waals surface area contributed by atoms with Crippen LogP contribution in [0.3, 0.4) is 0 Å². The second-order valence-electron chi connectivity index (χ2n) is 5.02. The maximum absolute atomic E-state index is 11.7. The molecule has 0 atom stereocenters. The smallest absolute Gasteiger partial charge is 0.253 e. The predicted molar refractivity (Wildman–Crippen MR) is 68.8 cm³/mol. The summed E-state index contributed by atoms with van der Waals surface area (Å²) >= 11 is 0. The number of carbonyl (C=O) groups excluding carboxylic acids is 1. The third-order valence-electron chi connectivity index (χ3n) is 2.69. The van der Waals surface area contributed by atoms with Crippen molar-refractivity contribution in [2.75, 3.05) is 13.6 Å². The van der Waals surface area contributed by atoms with Crippen LogP contribution >= 0.6 is 0 Å². The van der Waals surface area contributed by atoms with Crippen LogP contribution in [-0.4, -0.2) is 35.1 Å². The lowest BCUT2D eigenvalue weighted by atomic mass is 10.1. The number of aliphatic hydroxyl groups is 1. The molecular formula is C14H21NO2. The normalized spacial score (nSPS) is 11.4. The molecule has 1 amide bonds. The molecule has 1 N–H and O–H groups in total. The van der Waals surface area contributed by atoms with Crippen LogP contribution in [0, 0.1) is 6.92 Å². The van der Waals surface area contributed by atoms with E-state index < -0.39 is 5.60 Å². The molecular weight excluding hydrogens is 214 g/mol. The Bertz CT molecular complexity index is 393. The standard InChI is InChI=1S/C14H21NO2/c1-11-6-5-7-12(10-11)8-9-15(4)13(16)14(2,3)17/h5-7,10,17H,8-9H2,1-4H3. The molecule has 0 fully saturated rings. The average molecular weight is 235 g/mol. The molecule has 1 rings (SSSR count). The van der Waals surface area contributed by atoms with Gasteiger partial charge in [-0.2, -0.15) is 0 Å². The molecule has 3 heteroatoms. The highest BCUT2D eigenvalue weighted by atomic mass is 16.3. The summed E-state index contributed by atoms with van der Waals surface area (Å²) in [6.07, 6.45) is 0.806. The summed E-state index contributed by atoms with van der Waals surface area (Å²) in [6, 6.07) is 8.23. The highest BCUT2D eigenvalue weighted by molar-refractivity contribution is 5.83. The molecule has 0 bridgehead atoms. The quantitative estimate of drug-likeness (QED) is 0.864. The molecule has 0 aliphatic rings. The average Bonchev–Trinajstić information content (AvgIpc) is 2.23. The second kappa shape index (κ2) is 5.32. The summed E-state index contributed by atoms with van der Waals surface area (Å²) in [5.74, 6) is -0.245. The Morgan fingerprint density at radius 3 is 2.59 bits per heavy atom. The lowest BCUT2D eigenvalue weighted by molar-refractivity contribution is -0.146. The highest BCUT2D eigenvalue weighted by Crippen LogP contribution is 2.08. The van der Waals surface area contributed by atoms with E-state index in [0.29, 0.717) is 6.54 Å². The van der Waals surface area contributed by atoms with Crippen molar-refractivity contribution in [1.29, 1.82) is 0 Å². The number of amides is 1. The first-order valence-electron chi connectivity index (χ1n) is 5.84. The summed E-state index contributed by atoms with van der Waals surface area (Å²) in [6.45, 7) is 5.69. The van der Waals surface area contributed by atoms with Gasteiger partial charge >= 0.3 is 0 Å². The van der Waals surface area contributed by atoms with Gasteiger partial charge in [0.2, 0.25) is 0 Å². The molecule has 0 aliphatic heterocycles. The second-order valence-corrected chi connectivity index (χ2v) is 5.02. The Labute approximate surface area is 103 Å². The van der Waals surface area contributed by atoms with Gasteiger partial charge < -0.3 is 10.0 Å². The number of carbonyl (C=O) groups is 1. The molecule has 94 valence electrons. The monoisotopic (exact) mass is 235 g/mol. The highest BCUT2D eigenvalue weighted by Gasteiger charge is 2.26. The van der Waals surface area contributed by atoms with E-state index >= 15 is 0 Å². The first-order valence-corrected chi connectivity index (χ1v) is 5.84. The minimum atomic E-state index is -1.29. The van der Waals surface area contributed by atoms with E-state index in [-0.39, 0.29) is 5.91 Å². The van der Waals surface area contributed by atoms with Crippen LogP contribution in [0.15, 0.2) is 24.3 Å². The Morgan fingerprint density at radius 2 is 2.06 bits per heavy atom. The molecule has 0 radical (unpaired) electrons. The minimum absolute atomic E-state index is 0.245. The van der Waals surface area contributed by atoms with Gasteiger partial charge in [-0.15, -0.1) is 0 Å². The van der Waals surface area contributed by atoms with Crippen LogP contribution in [0.25, 0.3) is 0 Å². The van der Waals surface area contributed by atoms with Gasteiger partial charge in [0.25, 0.3) is 5.91 Å². The van der Waals surface area contributed by atoms with E-state index in [1.807, 2.05) is 6.07 Å². The zero-order valence-electron chi connectivity index (χ0n) is 11.0. The molecule has 0 aromatic heterocycles. The van der Waals surface area contributed by atoms with Gasteiger partial charge in [-0.3, -0.25) is 4.79 Å². The van der Waals surface area contributed by atoms with E-state index in [1.54, 1.807) is 11.9 Å². The van der Waals surface area contributed by atoms with Gasteiger partial charge in [0.1, 0.15) is 5.60 Å². The fourth-order valence-corrected chi connectivity index (χ4v) is 1.73. The fourth-order valence-electron chi connectivity index (χ4n) is 1.73. The molecule has 0 heterocycles. The Morgan fingerprint density at radius 1 is 1.41 bits per heavy atom. The molecule has 0 aliphatic carbocycles. The molecule has 0 saturated heterocycles. The van der Waals surface area contributed by atoms with Crippen molar-refractivity contribution in [3.63, 3.8) is 0 Å². The van der Waals surface area contributed by atoms with Crippen molar-refractivity contribution in [3.05, 3.63) is 35.4 Å². The van der Waals surface area contributed by atoms with Crippen molar-refractivity contribution in [2.45, 2.75) is 32.8 Å². The summed E-state index contributed by atoms with van der Waals surface area (Å²) in [5, 5.41) is 9.61. The number of benzene rings is 1. The molecule has 1 aromatic carbocycles. The molecule has 1 aromatic rings. The Hall–Kier alpha value is -1.35. The van der Waals surface area contributed by atoms with Gasteiger partial charge in [-0.25, -0.2) is 0 Å². The van der Waals surface area contributed by atoms with Gasteiger partial charge in [-0.1, -0.05) is 29.8 Å². The van der Waals surface area contributed by atoms with Crippen molar-refractivity contribution in [3.8, 4) is 0 Å². The zero-order valence-corrected chi connectivity index (χ0v) is 11.0. The molecule has 17 heavy (non-hydrogen) atoms. The van der Waals surface area contributed by atoms with E-state index in [0.717, 1.165) is 6.42 Å². The van der Waals surface area contributed by atoms with Crippen LogP contribution in [0.4, 0.5) is 0 Å². The van der Waals surface area contributed by atoms with E-state index in [1.165, 1.54) is 25.0 Å². The lowest BCUT2D eigenvalue weighted by Crippen LogP contribution is -2.43. The van der Waals surface area contributed by atoms with Crippen LogP contribution in [0.2, 0.25) is 0 Å². The number of rotatable bonds is 4. The van der Waals surface area contributed by atoms with E-state index in [2.05, 4.69) is 25.1 Å². The van der Waals surface area contributed by atoms with Crippen molar-refractivity contribution >= 4 is 5.91 Å².